The normalized spacial score (nSPS) is 10.8. The van der Waals surface area contributed by atoms with Crippen LogP contribution in [0.5, 0.6) is 11.5 Å². The van der Waals surface area contributed by atoms with Gasteiger partial charge < -0.3 is 10.2 Å². The first kappa shape index (κ1) is 15.4. The zero-order chi connectivity index (χ0) is 15.2. The van der Waals surface area contributed by atoms with Gasteiger partial charge in [-0.3, -0.25) is 0 Å². The van der Waals surface area contributed by atoms with Crippen molar-refractivity contribution in [1.29, 1.82) is 0 Å². The number of rotatable bonds is 6. The Morgan fingerprint density at radius 1 is 0.714 bits per heavy atom. The molecule has 2 N–H and O–H groups in total. The summed E-state index contributed by atoms with van der Waals surface area (Å²) in [5, 5.41) is 19.4. The number of benzene rings is 2. The van der Waals surface area contributed by atoms with E-state index < -0.39 is 0 Å². The molecule has 0 spiro atoms. The molecule has 0 heterocycles. The van der Waals surface area contributed by atoms with Crippen molar-refractivity contribution in [2.24, 2.45) is 0 Å². The van der Waals surface area contributed by atoms with Crippen LogP contribution in [0.25, 0.3) is 0 Å². The van der Waals surface area contributed by atoms with Crippen LogP contribution in [0.15, 0.2) is 36.4 Å². The monoisotopic (exact) mass is 284 g/mol. The summed E-state index contributed by atoms with van der Waals surface area (Å²) in [7, 11) is 0. The van der Waals surface area contributed by atoms with E-state index in [1.165, 1.54) is 11.1 Å². The number of hydrogen-bond acceptors (Lipinski definition) is 2. The molecule has 112 valence electrons. The smallest absolute Gasteiger partial charge is 0.118 e. The minimum atomic E-state index is 0.396. The summed E-state index contributed by atoms with van der Waals surface area (Å²) < 4.78 is 0. The minimum absolute atomic E-state index is 0.396. The lowest BCUT2D eigenvalue weighted by atomic mass is 9.99. The first-order valence-electron chi connectivity index (χ1n) is 7.75. The third-order valence-corrected chi connectivity index (χ3v) is 3.98. The van der Waals surface area contributed by atoms with Gasteiger partial charge >= 0.3 is 0 Å². The summed E-state index contributed by atoms with van der Waals surface area (Å²) in [6.45, 7) is 4.11. The SMILES string of the molecule is CCc1cc(CCCc2ccc(O)c(CC)c2)ccc1O. The highest BCUT2D eigenvalue weighted by atomic mass is 16.3. The summed E-state index contributed by atoms with van der Waals surface area (Å²) in [6, 6.07) is 11.8. The zero-order valence-corrected chi connectivity index (χ0v) is 12.9. The second kappa shape index (κ2) is 7.16. The molecular weight excluding hydrogens is 260 g/mol. The van der Waals surface area contributed by atoms with Crippen LogP contribution in [0.2, 0.25) is 0 Å². The molecular formula is C19H24O2. The lowest BCUT2D eigenvalue weighted by Crippen LogP contribution is -1.93. The molecule has 0 saturated heterocycles. The fourth-order valence-corrected chi connectivity index (χ4v) is 2.65. The van der Waals surface area contributed by atoms with E-state index in [4.69, 9.17) is 0 Å². The quantitative estimate of drug-likeness (QED) is 0.825. The van der Waals surface area contributed by atoms with E-state index in [1.807, 2.05) is 12.1 Å². The van der Waals surface area contributed by atoms with Crippen LogP contribution in [0, 0.1) is 0 Å². The third-order valence-electron chi connectivity index (χ3n) is 3.98. The first-order chi connectivity index (χ1) is 10.1. The van der Waals surface area contributed by atoms with Gasteiger partial charge in [-0.05, 0) is 66.5 Å². The van der Waals surface area contributed by atoms with Crippen molar-refractivity contribution in [3.05, 3.63) is 58.7 Å². The van der Waals surface area contributed by atoms with Crippen molar-refractivity contribution in [2.75, 3.05) is 0 Å². The molecule has 21 heavy (non-hydrogen) atoms. The Labute approximate surface area is 127 Å². The van der Waals surface area contributed by atoms with E-state index in [1.54, 1.807) is 12.1 Å². The summed E-state index contributed by atoms with van der Waals surface area (Å²) in [5.74, 6) is 0.791. The second-order valence-corrected chi connectivity index (χ2v) is 5.49. The number of aryl methyl sites for hydroxylation is 4. The van der Waals surface area contributed by atoms with Crippen molar-refractivity contribution in [3.8, 4) is 11.5 Å². The van der Waals surface area contributed by atoms with Gasteiger partial charge in [-0.15, -0.1) is 0 Å². The van der Waals surface area contributed by atoms with Crippen LogP contribution in [-0.2, 0) is 25.7 Å². The standard InChI is InChI=1S/C19H24O2/c1-3-16-12-14(8-10-18(16)20)6-5-7-15-9-11-19(21)17(4-2)13-15/h8-13,20-21H,3-7H2,1-2H3. The van der Waals surface area contributed by atoms with Crippen LogP contribution >= 0.6 is 0 Å². The average Bonchev–Trinajstić information content (AvgIpc) is 2.50. The molecule has 0 bridgehead atoms. The number of aromatic hydroxyl groups is 2. The first-order valence-corrected chi connectivity index (χ1v) is 7.75. The third kappa shape index (κ3) is 4.01. The Morgan fingerprint density at radius 2 is 1.14 bits per heavy atom. The van der Waals surface area contributed by atoms with Crippen molar-refractivity contribution in [2.45, 2.75) is 46.0 Å². The Bertz CT molecular complexity index is 549. The predicted octanol–water partition coefficient (Wildman–Crippen LogP) is 4.40. The molecule has 2 heteroatoms. The van der Waals surface area contributed by atoms with E-state index in [0.717, 1.165) is 43.2 Å². The van der Waals surface area contributed by atoms with Gasteiger partial charge in [-0.2, -0.15) is 0 Å². The molecule has 0 saturated carbocycles. The van der Waals surface area contributed by atoms with Gasteiger partial charge in [0.1, 0.15) is 11.5 Å². The van der Waals surface area contributed by atoms with E-state index in [-0.39, 0.29) is 0 Å². The minimum Gasteiger partial charge on any atom is -0.508 e. The van der Waals surface area contributed by atoms with Gasteiger partial charge in [0.05, 0.1) is 0 Å². The van der Waals surface area contributed by atoms with Crippen molar-refractivity contribution >= 4 is 0 Å². The highest BCUT2D eigenvalue weighted by molar-refractivity contribution is 5.37. The molecule has 2 nitrogen and oxygen atoms in total. The highest BCUT2D eigenvalue weighted by Crippen LogP contribution is 2.22. The predicted molar refractivity (Wildman–Crippen MR) is 87.0 cm³/mol. The number of phenols is 2. The molecule has 0 aromatic heterocycles. The van der Waals surface area contributed by atoms with Crippen LogP contribution in [0.1, 0.15) is 42.5 Å². The Hall–Kier alpha value is -1.96. The molecule has 0 fully saturated rings. The summed E-state index contributed by atoms with van der Waals surface area (Å²) in [6.07, 6.45) is 4.81. The lowest BCUT2D eigenvalue weighted by Gasteiger charge is -2.08. The maximum absolute atomic E-state index is 9.70. The maximum Gasteiger partial charge on any atom is 0.118 e. The molecule has 0 radical (unpaired) electrons. The number of hydrogen-bond donors (Lipinski definition) is 2. The van der Waals surface area contributed by atoms with Gasteiger partial charge in [0, 0.05) is 0 Å². The highest BCUT2D eigenvalue weighted by Gasteiger charge is 2.03. The van der Waals surface area contributed by atoms with E-state index >= 15 is 0 Å². The van der Waals surface area contributed by atoms with Crippen LogP contribution in [0.4, 0.5) is 0 Å². The van der Waals surface area contributed by atoms with Gasteiger partial charge in [-0.1, -0.05) is 38.1 Å². The number of phenolic OH excluding ortho intramolecular Hbond substituents is 2. The molecule has 0 aliphatic carbocycles. The van der Waals surface area contributed by atoms with Crippen molar-refractivity contribution < 1.29 is 10.2 Å². The molecule has 0 atom stereocenters. The van der Waals surface area contributed by atoms with Crippen LogP contribution < -0.4 is 0 Å². The van der Waals surface area contributed by atoms with Crippen molar-refractivity contribution in [1.82, 2.24) is 0 Å². The van der Waals surface area contributed by atoms with E-state index in [2.05, 4.69) is 26.0 Å². The van der Waals surface area contributed by atoms with Crippen molar-refractivity contribution in [3.63, 3.8) is 0 Å². The molecule has 0 unspecified atom stereocenters. The summed E-state index contributed by atoms with van der Waals surface area (Å²) >= 11 is 0. The van der Waals surface area contributed by atoms with E-state index in [9.17, 15) is 10.2 Å². The Morgan fingerprint density at radius 3 is 1.52 bits per heavy atom. The maximum atomic E-state index is 9.70. The molecule has 0 aliphatic heterocycles. The molecule has 2 aromatic carbocycles. The van der Waals surface area contributed by atoms with Gasteiger partial charge in [-0.25, -0.2) is 0 Å². The van der Waals surface area contributed by atoms with Gasteiger partial charge in [0.25, 0.3) is 0 Å². The Kier molecular flexibility index (Phi) is 5.26. The second-order valence-electron chi connectivity index (χ2n) is 5.49. The van der Waals surface area contributed by atoms with Crippen LogP contribution in [0.3, 0.4) is 0 Å². The van der Waals surface area contributed by atoms with Crippen LogP contribution in [-0.4, -0.2) is 10.2 Å². The fourth-order valence-electron chi connectivity index (χ4n) is 2.65. The van der Waals surface area contributed by atoms with Gasteiger partial charge in [0.15, 0.2) is 0 Å². The molecule has 0 aliphatic rings. The molecule has 2 aromatic rings. The summed E-state index contributed by atoms with van der Waals surface area (Å²) in [5.41, 5.74) is 4.59. The molecule has 2 rings (SSSR count). The average molecular weight is 284 g/mol. The zero-order valence-electron chi connectivity index (χ0n) is 12.9. The largest absolute Gasteiger partial charge is 0.508 e. The lowest BCUT2D eigenvalue weighted by molar-refractivity contribution is 0.468. The van der Waals surface area contributed by atoms with E-state index in [0.29, 0.717) is 11.5 Å². The topological polar surface area (TPSA) is 40.5 Å². The molecule has 0 amide bonds. The summed E-state index contributed by atoms with van der Waals surface area (Å²) in [4.78, 5) is 0. The fraction of sp³-hybridized carbons (Fsp3) is 0.368. The van der Waals surface area contributed by atoms with Gasteiger partial charge in [0.2, 0.25) is 0 Å². The Balaban J connectivity index is 1.95.